The van der Waals surface area contributed by atoms with E-state index in [1.807, 2.05) is 19.1 Å². The highest BCUT2D eigenvalue weighted by molar-refractivity contribution is 5.70. The number of hydrogen-bond donors (Lipinski definition) is 0. The molecule has 0 radical (unpaired) electrons. The van der Waals surface area contributed by atoms with E-state index in [2.05, 4.69) is 91.9 Å². The highest BCUT2D eigenvalue weighted by atomic mass is 16.5. The van der Waals surface area contributed by atoms with Crippen LogP contribution in [0.25, 0.3) is 22.3 Å². The standard InChI is InChI=1S/C34H40O/c1-3-5-7-8-27-9-13-29(14-10-27)31-17-21-33(22-18-31)34-23-19-32(20-24-34)30-15-11-28(12-16-30)26-35-25-6-4-2/h4,6-8,11-12,15-24,27,29H,3,5,9-10,13-14,25-26H2,1-2H3/b6-4+,8-7+. The van der Waals surface area contributed by atoms with E-state index >= 15 is 0 Å². The number of ether oxygens (including phenoxy) is 1. The van der Waals surface area contributed by atoms with E-state index in [-0.39, 0.29) is 0 Å². The van der Waals surface area contributed by atoms with Gasteiger partial charge in [0, 0.05) is 0 Å². The zero-order chi connectivity index (χ0) is 24.3. The molecule has 0 aromatic heterocycles. The minimum absolute atomic E-state index is 0.650. The molecule has 0 saturated heterocycles. The largest absolute Gasteiger partial charge is 0.373 e. The lowest BCUT2D eigenvalue weighted by Crippen LogP contribution is -2.11. The molecule has 0 spiro atoms. The van der Waals surface area contributed by atoms with Gasteiger partial charge in [-0.15, -0.1) is 0 Å². The fourth-order valence-corrected chi connectivity index (χ4v) is 5.04. The van der Waals surface area contributed by atoms with Crippen LogP contribution in [0.5, 0.6) is 0 Å². The van der Waals surface area contributed by atoms with Crippen molar-refractivity contribution in [3.63, 3.8) is 0 Å². The maximum absolute atomic E-state index is 5.65. The van der Waals surface area contributed by atoms with Gasteiger partial charge in [0.15, 0.2) is 0 Å². The first-order valence-corrected chi connectivity index (χ1v) is 13.4. The van der Waals surface area contributed by atoms with Gasteiger partial charge in [-0.2, -0.15) is 0 Å². The first-order valence-electron chi connectivity index (χ1n) is 13.4. The Kier molecular flexibility index (Phi) is 9.55. The van der Waals surface area contributed by atoms with Gasteiger partial charge in [-0.25, -0.2) is 0 Å². The van der Waals surface area contributed by atoms with Crippen LogP contribution in [0, 0.1) is 5.92 Å². The van der Waals surface area contributed by atoms with E-state index in [1.54, 1.807) is 0 Å². The van der Waals surface area contributed by atoms with Gasteiger partial charge in [-0.1, -0.05) is 110 Å². The van der Waals surface area contributed by atoms with Crippen LogP contribution in [0.1, 0.15) is 69.4 Å². The van der Waals surface area contributed by atoms with Crippen LogP contribution in [0.4, 0.5) is 0 Å². The SMILES string of the molecule is C/C=C/COCc1ccc(-c2ccc(-c3ccc(C4CCC(/C=C/CCC)CC4)cc3)cc2)cc1. The van der Waals surface area contributed by atoms with Gasteiger partial charge in [0.2, 0.25) is 0 Å². The third kappa shape index (κ3) is 7.29. The first kappa shape index (κ1) is 25.2. The fraction of sp³-hybridized carbons (Fsp3) is 0.353. The number of unbranched alkanes of at least 4 members (excludes halogenated alkanes) is 1. The lowest BCUT2D eigenvalue weighted by atomic mass is 9.78. The van der Waals surface area contributed by atoms with Crippen LogP contribution in [0.15, 0.2) is 97.1 Å². The molecule has 35 heavy (non-hydrogen) atoms. The van der Waals surface area contributed by atoms with Gasteiger partial charge in [-0.3, -0.25) is 0 Å². The summed E-state index contributed by atoms with van der Waals surface area (Å²) in [6.45, 7) is 5.58. The van der Waals surface area contributed by atoms with Crippen molar-refractivity contribution in [1.29, 1.82) is 0 Å². The van der Waals surface area contributed by atoms with Gasteiger partial charge < -0.3 is 4.74 Å². The number of benzene rings is 3. The van der Waals surface area contributed by atoms with E-state index in [0.29, 0.717) is 13.2 Å². The average molecular weight is 465 g/mol. The van der Waals surface area contributed by atoms with Crippen LogP contribution in [-0.2, 0) is 11.3 Å². The van der Waals surface area contributed by atoms with E-state index in [1.165, 1.54) is 71.9 Å². The minimum atomic E-state index is 0.650. The normalized spacial score (nSPS) is 18.5. The Hall–Kier alpha value is -2.90. The predicted molar refractivity (Wildman–Crippen MR) is 151 cm³/mol. The maximum atomic E-state index is 5.65. The topological polar surface area (TPSA) is 9.23 Å². The van der Waals surface area contributed by atoms with E-state index in [9.17, 15) is 0 Å². The van der Waals surface area contributed by atoms with Crippen molar-refractivity contribution in [2.24, 2.45) is 5.92 Å². The van der Waals surface area contributed by atoms with Crippen LogP contribution in [0.3, 0.4) is 0 Å². The minimum Gasteiger partial charge on any atom is -0.373 e. The monoisotopic (exact) mass is 464 g/mol. The smallest absolute Gasteiger partial charge is 0.0721 e. The molecular weight excluding hydrogens is 424 g/mol. The third-order valence-electron chi connectivity index (χ3n) is 7.24. The van der Waals surface area contributed by atoms with Crippen molar-refractivity contribution in [2.45, 2.75) is 64.9 Å². The number of allylic oxidation sites excluding steroid dienone is 3. The second-order valence-electron chi connectivity index (χ2n) is 9.81. The molecule has 1 heteroatoms. The van der Waals surface area contributed by atoms with E-state index in [4.69, 9.17) is 4.74 Å². The van der Waals surface area contributed by atoms with Gasteiger partial charge in [-0.05, 0) is 84.2 Å². The molecule has 0 bridgehead atoms. The molecule has 1 nitrogen and oxygen atoms in total. The summed E-state index contributed by atoms with van der Waals surface area (Å²) in [4.78, 5) is 0. The fourth-order valence-electron chi connectivity index (χ4n) is 5.04. The van der Waals surface area contributed by atoms with E-state index in [0.717, 1.165) is 11.8 Å². The predicted octanol–water partition coefficient (Wildman–Crippen LogP) is 9.74. The Morgan fingerprint density at radius 2 is 1.26 bits per heavy atom. The second-order valence-corrected chi connectivity index (χ2v) is 9.81. The molecule has 1 fully saturated rings. The second kappa shape index (κ2) is 13.3. The highest BCUT2D eigenvalue weighted by Crippen LogP contribution is 2.37. The molecule has 3 aromatic rings. The maximum Gasteiger partial charge on any atom is 0.0721 e. The zero-order valence-corrected chi connectivity index (χ0v) is 21.5. The summed E-state index contributed by atoms with van der Waals surface area (Å²) in [6, 6.07) is 27.0. The zero-order valence-electron chi connectivity index (χ0n) is 21.5. The third-order valence-corrected chi connectivity index (χ3v) is 7.24. The summed E-state index contributed by atoms with van der Waals surface area (Å²) in [5.41, 5.74) is 7.78. The molecule has 182 valence electrons. The lowest BCUT2D eigenvalue weighted by molar-refractivity contribution is 0.148. The number of rotatable bonds is 10. The summed E-state index contributed by atoms with van der Waals surface area (Å²) in [5, 5.41) is 0. The summed E-state index contributed by atoms with van der Waals surface area (Å²) in [6.07, 6.45) is 16.7. The summed E-state index contributed by atoms with van der Waals surface area (Å²) in [5.74, 6) is 1.52. The molecule has 1 saturated carbocycles. The van der Waals surface area contributed by atoms with Crippen molar-refractivity contribution in [3.8, 4) is 22.3 Å². The van der Waals surface area contributed by atoms with Gasteiger partial charge in [0.05, 0.1) is 13.2 Å². The van der Waals surface area contributed by atoms with Crippen molar-refractivity contribution in [3.05, 3.63) is 108 Å². The van der Waals surface area contributed by atoms with Gasteiger partial charge in [0.25, 0.3) is 0 Å². The molecule has 0 heterocycles. The highest BCUT2D eigenvalue weighted by Gasteiger charge is 2.20. The Morgan fingerprint density at radius 3 is 1.80 bits per heavy atom. The summed E-state index contributed by atoms with van der Waals surface area (Å²) in [7, 11) is 0. The molecule has 1 aliphatic rings. The Balaban J connectivity index is 1.32. The molecule has 0 aliphatic heterocycles. The molecule has 3 aromatic carbocycles. The van der Waals surface area contributed by atoms with Crippen LogP contribution in [-0.4, -0.2) is 6.61 Å². The van der Waals surface area contributed by atoms with Crippen LogP contribution in [0.2, 0.25) is 0 Å². The Bertz CT molecular complexity index is 1060. The van der Waals surface area contributed by atoms with Gasteiger partial charge in [0.1, 0.15) is 0 Å². The van der Waals surface area contributed by atoms with Crippen molar-refractivity contribution in [1.82, 2.24) is 0 Å². The average Bonchev–Trinajstić information content (AvgIpc) is 2.92. The van der Waals surface area contributed by atoms with Crippen molar-refractivity contribution in [2.75, 3.05) is 6.61 Å². The molecule has 0 amide bonds. The number of hydrogen-bond acceptors (Lipinski definition) is 1. The lowest BCUT2D eigenvalue weighted by Gasteiger charge is -2.27. The molecule has 4 rings (SSSR count). The molecule has 0 unspecified atom stereocenters. The molecule has 0 N–H and O–H groups in total. The molecular formula is C34H40O. The van der Waals surface area contributed by atoms with Crippen molar-refractivity contribution >= 4 is 0 Å². The molecule has 0 atom stereocenters. The van der Waals surface area contributed by atoms with Crippen LogP contribution < -0.4 is 0 Å². The Morgan fingerprint density at radius 1 is 0.714 bits per heavy atom. The summed E-state index contributed by atoms with van der Waals surface area (Å²) >= 11 is 0. The van der Waals surface area contributed by atoms with Gasteiger partial charge >= 0.3 is 0 Å². The first-order chi connectivity index (χ1) is 17.3. The molecule has 1 aliphatic carbocycles. The quantitative estimate of drug-likeness (QED) is 0.214. The Labute approximate surface area is 212 Å². The van der Waals surface area contributed by atoms with E-state index < -0.39 is 0 Å². The van der Waals surface area contributed by atoms with Crippen molar-refractivity contribution < 1.29 is 4.74 Å². The summed E-state index contributed by atoms with van der Waals surface area (Å²) < 4.78 is 5.65. The van der Waals surface area contributed by atoms with Crippen LogP contribution >= 0.6 is 0 Å².